The zero-order chi connectivity index (χ0) is 17.6. The second kappa shape index (κ2) is 8.15. The quantitative estimate of drug-likeness (QED) is 0.781. The number of anilines is 2. The van der Waals surface area contributed by atoms with E-state index in [0.29, 0.717) is 11.6 Å². The van der Waals surface area contributed by atoms with Crippen LogP contribution >= 0.6 is 0 Å². The number of benzene rings is 1. The SMILES string of the molecule is Cc1ccc(Nc2cncc(C(=O)NC3CCCCCC3)c2)cc1C. The molecule has 1 aromatic carbocycles. The molecule has 2 aromatic rings. The predicted molar refractivity (Wildman–Crippen MR) is 102 cm³/mol. The van der Waals surface area contributed by atoms with Crippen molar-refractivity contribution in [1.82, 2.24) is 10.3 Å². The van der Waals surface area contributed by atoms with E-state index in [2.05, 4.69) is 41.6 Å². The molecule has 0 radical (unpaired) electrons. The summed E-state index contributed by atoms with van der Waals surface area (Å²) in [6, 6.07) is 8.40. The Labute approximate surface area is 150 Å². The Balaban J connectivity index is 1.67. The van der Waals surface area contributed by atoms with E-state index in [9.17, 15) is 4.79 Å². The Morgan fingerprint density at radius 1 is 0.960 bits per heavy atom. The maximum Gasteiger partial charge on any atom is 0.253 e. The van der Waals surface area contributed by atoms with Crippen LogP contribution in [0.4, 0.5) is 11.4 Å². The fourth-order valence-corrected chi connectivity index (χ4v) is 3.31. The average molecular weight is 337 g/mol. The summed E-state index contributed by atoms with van der Waals surface area (Å²) in [4.78, 5) is 16.8. The van der Waals surface area contributed by atoms with Crippen LogP contribution in [-0.2, 0) is 0 Å². The summed E-state index contributed by atoms with van der Waals surface area (Å²) in [5.74, 6) is -0.0249. The van der Waals surface area contributed by atoms with Gasteiger partial charge in [0.1, 0.15) is 0 Å². The molecule has 0 unspecified atom stereocenters. The van der Waals surface area contributed by atoms with Crippen LogP contribution in [0.25, 0.3) is 0 Å². The third-order valence-corrected chi connectivity index (χ3v) is 4.99. The van der Waals surface area contributed by atoms with E-state index >= 15 is 0 Å². The average Bonchev–Trinajstić information content (AvgIpc) is 2.87. The summed E-state index contributed by atoms with van der Waals surface area (Å²) in [7, 11) is 0. The van der Waals surface area contributed by atoms with E-state index in [1.165, 1.54) is 36.8 Å². The lowest BCUT2D eigenvalue weighted by Gasteiger charge is -2.16. The minimum Gasteiger partial charge on any atom is -0.354 e. The van der Waals surface area contributed by atoms with E-state index in [1.807, 2.05) is 12.1 Å². The number of hydrogen-bond acceptors (Lipinski definition) is 3. The second-order valence-corrected chi connectivity index (χ2v) is 7.05. The van der Waals surface area contributed by atoms with E-state index in [4.69, 9.17) is 0 Å². The summed E-state index contributed by atoms with van der Waals surface area (Å²) in [5.41, 5.74) is 4.95. The fourth-order valence-electron chi connectivity index (χ4n) is 3.31. The number of hydrogen-bond donors (Lipinski definition) is 2. The second-order valence-electron chi connectivity index (χ2n) is 7.05. The van der Waals surface area contributed by atoms with Crippen molar-refractivity contribution in [1.29, 1.82) is 0 Å². The molecule has 0 spiro atoms. The first-order valence-corrected chi connectivity index (χ1v) is 9.22. The zero-order valence-electron chi connectivity index (χ0n) is 15.1. The number of pyridine rings is 1. The molecule has 1 aliphatic rings. The van der Waals surface area contributed by atoms with Gasteiger partial charge < -0.3 is 10.6 Å². The Morgan fingerprint density at radius 3 is 2.44 bits per heavy atom. The number of nitrogens with zero attached hydrogens (tertiary/aromatic N) is 1. The van der Waals surface area contributed by atoms with Crippen LogP contribution in [0.5, 0.6) is 0 Å². The number of aryl methyl sites for hydroxylation is 2. The van der Waals surface area contributed by atoms with E-state index in [1.54, 1.807) is 12.4 Å². The Bertz CT molecular complexity index is 734. The van der Waals surface area contributed by atoms with Crippen molar-refractivity contribution in [3.63, 3.8) is 0 Å². The number of nitrogens with one attached hydrogen (secondary N) is 2. The summed E-state index contributed by atoms with van der Waals surface area (Å²) in [6.45, 7) is 4.19. The van der Waals surface area contributed by atoms with Crippen molar-refractivity contribution < 1.29 is 4.79 Å². The third kappa shape index (κ3) is 4.81. The Kier molecular flexibility index (Phi) is 5.69. The van der Waals surface area contributed by atoms with Crippen LogP contribution in [0.2, 0.25) is 0 Å². The van der Waals surface area contributed by atoms with Gasteiger partial charge >= 0.3 is 0 Å². The van der Waals surface area contributed by atoms with Crippen molar-refractivity contribution in [2.45, 2.75) is 58.4 Å². The fraction of sp³-hybridized carbons (Fsp3) is 0.429. The van der Waals surface area contributed by atoms with Crippen LogP contribution in [0, 0.1) is 13.8 Å². The molecule has 1 amide bonds. The lowest BCUT2D eigenvalue weighted by molar-refractivity contribution is 0.0933. The summed E-state index contributed by atoms with van der Waals surface area (Å²) >= 11 is 0. The summed E-state index contributed by atoms with van der Waals surface area (Å²) < 4.78 is 0. The molecule has 132 valence electrons. The van der Waals surface area contributed by atoms with Gasteiger partial charge in [-0.15, -0.1) is 0 Å². The first-order chi connectivity index (χ1) is 12.1. The summed E-state index contributed by atoms with van der Waals surface area (Å²) in [5, 5.41) is 6.51. The lowest BCUT2D eigenvalue weighted by Crippen LogP contribution is -2.34. The molecule has 1 aromatic heterocycles. The smallest absolute Gasteiger partial charge is 0.253 e. The van der Waals surface area contributed by atoms with E-state index < -0.39 is 0 Å². The van der Waals surface area contributed by atoms with Gasteiger partial charge in [-0.1, -0.05) is 31.7 Å². The van der Waals surface area contributed by atoms with Gasteiger partial charge in [0.2, 0.25) is 0 Å². The highest BCUT2D eigenvalue weighted by atomic mass is 16.1. The van der Waals surface area contributed by atoms with Gasteiger partial charge in [0.15, 0.2) is 0 Å². The van der Waals surface area contributed by atoms with E-state index in [0.717, 1.165) is 24.2 Å². The van der Waals surface area contributed by atoms with Gasteiger partial charge in [-0.3, -0.25) is 9.78 Å². The molecule has 4 nitrogen and oxygen atoms in total. The maximum absolute atomic E-state index is 12.5. The predicted octanol–water partition coefficient (Wildman–Crippen LogP) is 4.89. The molecular weight excluding hydrogens is 310 g/mol. The number of carbonyl (C=O) groups is 1. The molecule has 4 heteroatoms. The van der Waals surface area contributed by atoms with Gasteiger partial charge in [-0.05, 0) is 56.0 Å². The maximum atomic E-state index is 12.5. The molecule has 2 N–H and O–H groups in total. The van der Waals surface area contributed by atoms with Gasteiger partial charge in [-0.2, -0.15) is 0 Å². The molecule has 1 saturated carbocycles. The van der Waals surface area contributed by atoms with Crippen LogP contribution in [0.15, 0.2) is 36.7 Å². The molecule has 3 rings (SSSR count). The van der Waals surface area contributed by atoms with Crippen LogP contribution in [0.1, 0.15) is 60.0 Å². The molecule has 0 aliphatic heterocycles. The minimum absolute atomic E-state index is 0.0249. The van der Waals surface area contributed by atoms with Gasteiger partial charge in [0, 0.05) is 17.9 Å². The molecular formula is C21H27N3O. The lowest BCUT2D eigenvalue weighted by atomic mass is 10.1. The first kappa shape index (κ1) is 17.5. The number of carbonyl (C=O) groups excluding carboxylic acids is 1. The molecule has 1 aliphatic carbocycles. The molecule has 25 heavy (non-hydrogen) atoms. The van der Waals surface area contributed by atoms with Crippen molar-refractivity contribution >= 4 is 17.3 Å². The zero-order valence-corrected chi connectivity index (χ0v) is 15.1. The van der Waals surface area contributed by atoms with Crippen molar-refractivity contribution in [2.24, 2.45) is 0 Å². The van der Waals surface area contributed by atoms with E-state index in [-0.39, 0.29) is 5.91 Å². The standard InChI is InChI=1S/C21H27N3O/c1-15-9-10-19(11-16(15)2)23-20-12-17(13-22-14-20)21(25)24-18-7-5-3-4-6-8-18/h9-14,18,23H,3-8H2,1-2H3,(H,24,25). The van der Waals surface area contributed by atoms with Gasteiger partial charge in [0.25, 0.3) is 5.91 Å². The third-order valence-electron chi connectivity index (χ3n) is 4.99. The molecule has 1 fully saturated rings. The number of amides is 1. The topological polar surface area (TPSA) is 54.0 Å². The molecule has 0 saturated heterocycles. The van der Waals surface area contributed by atoms with Crippen LogP contribution in [0.3, 0.4) is 0 Å². The van der Waals surface area contributed by atoms with Gasteiger partial charge in [-0.25, -0.2) is 0 Å². The highest BCUT2D eigenvalue weighted by Gasteiger charge is 2.16. The normalized spacial score (nSPS) is 15.4. The van der Waals surface area contributed by atoms with Crippen LogP contribution in [-0.4, -0.2) is 16.9 Å². The minimum atomic E-state index is -0.0249. The number of aromatic nitrogens is 1. The van der Waals surface area contributed by atoms with Crippen molar-refractivity contribution in [2.75, 3.05) is 5.32 Å². The monoisotopic (exact) mass is 337 g/mol. The van der Waals surface area contributed by atoms with Crippen molar-refractivity contribution in [3.05, 3.63) is 53.3 Å². The molecule has 1 heterocycles. The highest BCUT2D eigenvalue weighted by Crippen LogP contribution is 2.21. The Hall–Kier alpha value is -2.36. The molecule has 0 atom stereocenters. The van der Waals surface area contributed by atoms with Gasteiger partial charge in [0.05, 0.1) is 17.4 Å². The first-order valence-electron chi connectivity index (χ1n) is 9.22. The summed E-state index contributed by atoms with van der Waals surface area (Å²) in [6.07, 6.45) is 10.5. The van der Waals surface area contributed by atoms with Crippen molar-refractivity contribution in [3.8, 4) is 0 Å². The highest BCUT2D eigenvalue weighted by molar-refractivity contribution is 5.95. The molecule has 0 bridgehead atoms. The Morgan fingerprint density at radius 2 is 1.72 bits per heavy atom. The number of rotatable bonds is 4. The largest absolute Gasteiger partial charge is 0.354 e. The van der Waals surface area contributed by atoms with Crippen LogP contribution < -0.4 is 10.6 Å².